The standard InChI is InChI=1S/C11H14N2O/c1-9-4-6-12-10(8-9)11(14)5-7-13(2)3/h4-8H,1-3H3/b7-5+. The number of hydrogen-bond acceptors (Lipinski definition) is 3. The third kappa shape index (κ3) is 3.01. The average molecular weight is 190 g/mol. The highest BCUT2D eigenvalue weighted by atomic mass is 16.1. The van der Waals surface area contributed by atoms with E-state index < -0.39 is 0 Å². The molecule has 0 fully saturated rings. The van der Waals surface area contributed by atoms with E-state index in [1.54, 1.807) is 18.5 Å². The van der Waals surface area contributed by atoms with Crippen LogP contribution in [0, 0.1) is 6.92 Å². The number of aryl methyl sites for hydroxylation is 1. The minimum absolute atomic E-state index is 0.0672. The number of allylic oxidation sites excluding steroid dienone is 1. The molecule has 0 N–H and O–H groups in total. The molecule has 14 heavy (non-hydrogen) atoms. The molecule has 0 spiro atoms. The Morgan fingerprint density at radius 2 is 2.21 bits per heavy atom. The second-order valence-electron chi connectivity index (χ2n) is 3.36. The summed E-state index contributed by atoms with van der Waals surface area (Å²) < 4.78 is 0. The number of pyridine rings is 1. The van der Waals surface area contributed by atoms with Crippen LogP contribution >= 0.6 is 0 Å². The fourth-order valence-corrected chi connectivity index (χ4v) is 0.973. The van der Waals surface area contributed by atoms with Gasteiger partial charge in [-0.15, -0.1) is 0 Å². The number of carbonyl (C=O) groups excluding carboxylic acids is 1. The first-order chi connectivity index (χ1) is 6.59. The van der Waals surface area contributed by atoms with Crippen molar-refractivity contribution in [2.24, 2.45) is 0 Å². The van der Waals surface area contributed by atoms with Crippen LogP contribution < -0.4 is 0 Å². The van der Waals surface area contributed by atoms with Crippen LogP contribution in [0.2, 0.25) is 0 Å². The van der Waals surface area contributed by atoms with Gasteiger partial charge in [0.2, 0.25) is 5.78 Å². The first kappa shape index (κ1) is 10.4. The van der Waals surface area contributed by atoms with Gasteiger partial charge < -0.3 is 4.90 Å². The molecular formula is C11H14N2O. The Morgan fingerprint density at radius 1 is 1.50 bits per heavy atom. The molecule has 0 aliphatic carbocycles. The largest absolute Gasteiger partial charge is 0.383 e. The van der Waals surface area contributed by atoms with Gasteiger partial charge in [-0.1, -0.05) is 0 Å². The van der Waals surface area contributed by atoms with Crippen molar-refractivity contribution in [3.05, 3.63) is 41.9 Å². The highest BCUT2D eigenvalue weighted by molar-refractivity contribution is 6.02. The zero-order valence-corrected chi connectivity index (χ0v) is 8.69. The Morgan fingerprint density at radius 3 is 2.79 bits per heavy atom. The summed E-state index contributed by atoms with van der Waals surface area (Å²) in [6.45, 7) is 1.94. The summed E-state index contributed by atoms with van der Waals surface area (Å²) in [5.41, 5.74) is 1.53. The number of hydrogen-bond donors (Lipinski definition) is 0. The summed E-state index contributed by atoms with van der Waals surface area (Å²) in [5, 5.41) is 0. The molecule has 0 aliphatic rings. The van der Waals surface area contributed by atoms with Gasteiger partial charge in [-0.3, -0.25) is 9.78 Å². The molecule has 0 amide bonds. The molecule has 0 aromatic carbocycles. The zero-order chi connectivity index (χ0) is 10.6. The van der Waals surface area contributed by atoms with Gasteiger partial charge in [0.15, 0.2) is 0 Å². The summed E-state index contributed by atoms with van der Waals surface area (Å²) in [6.07, 6.45) is 4.88. The summed E-state index contributed by atoms with van der Waals surface area (Å²) in [5.74, 6) is -0.0672. The molecule has 0 saturated carbocycles. The van der Waals surface area contributed by atoms with E-state index in [1.165, 1.54) is 6.08 Å². The van der Waals surface area contributed by atoms with Crippen molar-refractivity contribution >= 4 is 5.78 Å². The van der Waals surface area contributed by atoms with Crippen LogP contribution in [-0.4, -0.2) is 29.8 Å². The lowest BCUT2D eigenvalue weighted by molar-refractivity contribution is 0.104. The van der Waals surface area contributed by atoms with Crippen LogP contribution in [0.1, 0.15) is 16.1 Å². The van der Waals surface area contributed by atoms with Crippen LogP contribution in [0.15, 0.2) is 30.6 Å². The lowest BCUT2D eigenvalue weighted by Gasteiger charge is -2.02. The van der Waals surface area contributed by atoms with E-state index in [2.05, 4.69) is 4.98 Å². The minimum Gasteiger partial charge on any atom is -0.383 e. The van der Waals surface area contributed by atoms with Crippen LogP contribution in [0.25, 0.3) is 0 Å². The highest BCUT2D eigenvalue weighted by Gasteiger charge is 2.02. The molecule has 0 saturated heterocycles. The molecule has 3 nitrogen and oxygen atoms in total. The van der Waals surface area contributed by atoms with Crippen molar-refractivity contribution in [1.82, 2.24) is 9.88 Å². The van der Waals surface area contributed by atoms with E-state index in [-0.39, 0.29) is 5.78 Å². The number of nitrogens with zero attached hydrogens (tertiary/aromatic N) is 2. The number of rotatable bonds is 3. The molecule has 0 bridgehead atoms. The Balaban J connectivity index is 2.80. The molecule has 0 atom stereocenters. The van der Waals surface area contributed by atoms with E-state index in [1.807, 2.05) is 32.0 Å². The Bertz CT molecular complexity index is 356. The summed E-state index contributed by atoms with van der Waals surface area (Å²) in [7, 11) is 3.74. The second kappa shape index (κ2) is 4.56. The van der Waals surface area contributed by atoms with Crippen molar-refractivity contribution in [2.75, 3.05) is 14.1 Å². The van der Waals surface area contributed by atoms with E-state index in [9.17, 15) is 4.79 Å². The molecule has 0 unspecified atom stereocenters. The van der Waals surface area contributed by atoms with Gasteiger partial charge in [0.1, 0.15) is 5.69 Å². The average Bonchev–Trinajstić information content (AvgIpc) is 2.14. The molecule has 0 aliphatic heterocycles. The van der Waals surface area contributed by atoms with Crippen molar-refractivity contribution < 1.29 is 4.79 Å². The monoisotopic (exact) mass is 190 g/mol. The Labute approximate surface area is 84.1 Å². The van der Waals surface area contributed by atoms with Crippen molar-refractivity contribution in [3.8, 4) is 0 Å². The van der Waals surface area contributed by atoms with Crippen LogP contribution in [-0.2, 0) is 0 Å². The summed E-state index contributed by atoms with van der Waals surface area (Å²) >= 11 is 0. The number of carbonyl (C=O) groups is 1. The van der Waals surface area contributed by atoms with Crippen molar-refractivity contribution in [3.63, 3.8) is 0 Å². The van der Waals surface area contributed by atoms with E-state index in [0.29, 0.717) is 5.69 Å². The minimum atomic E-state index is -0.0672. The van der Waals surface area contributed by atoms with E-state index >= 15 is 0 Å². The molecular weight excluding hydrogens is 176 g/mol. The molecule has 1 heterocycles. The lowest BCUT2D eigenvalue weighted by Crippen LogP contribution is -2.04. The maximum atomic E-state index is 11.5. The fourth-order valence-electron chi connectivity index (χ4n) is 0.973. The summed E-state index contributed by atoms with van der Waals surface area (Å²) in [6, 6.07) is 3.65. The van der Waals surface area contributed by atoms with E-state index in [4.69, 9.17) is 0 Å². The third-order valence-electron chi connectivity index (χ3n) is 1.69. The maximum Gasteiger partial charge on any atom is 0.205 e. The van der Waals surface area contributed by atoms with Gasteiger partial charge in [-0.25, -0.2) is 0 Å². The van der Waals surface area contributed by atoms with E-state index in [0.717, 1.165) is 5.56 Å². The fraction of sp³-hybridized carbons (Fsp3) is 0.273. The smallest absolute Gasteiger partial charge is 0.205 e. The molecule has 74 valence electrons. The van der Waals surface area contributed by atoms with Gasteiger partial charge in [0.05, 0.1) is 0 Å². The molecule has 0 radical (unpaired) electrons. The maximum absolute atomic E-state index is 11.5. The highest BCUT2D eigenvalue weighted by Crippen LogP contribution is 2.01. The van der Waals surface area contributed by atoms with Crippen LogP contribution in [0.3, 0.4) is 0 Å². The van der Waals surface area contributed by atoms with Gasteiger partial charge in [-0.2, -0.15) is 0 Å². The molecule has 3 heteroatoms. The van der Waals surface area contributed by atoms with Crippen LogP contribution in [0.4, 0.5) is 0 Å². The number of ketones is 1. The van der Waals surface area contributed by atoms with Gasteiger partial charge in [-0.05, 0) is 24.6 Å². The third-order valence-corrected chi connectivity index (χ3v) is 1.69. The normalized spacial score (nSPS) is 10.5. The summed E-state index contributed by atoms with van der Waals surface area (Å²) in [4.78, 5) is 17.3. The SMILES string of the molecule is Cc1ccnc(C(=O)/C=C/N(C)C)c1. The second-order valence-corrected chi connectivity index (χ2v) is 3.36. The number of aromatic nitrogens is 1. The predicted molar refractivity (Wildman–Crippen MR) is 56.1 cm³/mol. The zero-order valence-electron chi connectivity index (χ0n) is 8.69. The van der Waals surface area contributed by atoms with Gasteiger partial charge in [0, 0.05) is 32.6 Å². The molecule has 1 aromatic rings. The van der Waals surface area contributed by atoms with Gasteiger partial charge in [0.25, 0.3) is 0 Å². The van der Waals surface area contributed by atoms with Crippen molar-refractivity contribution in [2.45, 2.75) is 6.92 Å². The topological polar surface area (TPSA) is 33.2 Å². The lowest BCUT2D eigenvalue weighted by atomic mass is 10.2. The first-order valence-electron chi connectivity index (χ1n) is 4.41. The molecule has 1 aromatic heterocycles. The van der Waals surface area contributed by atoms with Crippen LogP contribution in [0.5, 0.6) is 0 Å². The Hall–Kier alpha value is -1.64. The van der Waals surface area contributed by atoms with Crippen molar-refractivity contribution in [1.29, 1.82) is 0 Å². The molecule has 1 rings (SSSR count). The Kier molecular flexibility index (Phi) is 3.40. The predicted octanol–water partition coefficient (Wildman–Crippen LogP) is 1.65. The quantitative estimate of drug-likeness (QED) is 0.536. The van der Waals surface area contributed by atoms with Gasteiger partial charge >= 0.3 is 0 Å². The first-order valence-corrected chi connectivity index (χ1v) is 4.41.